The molecular formula is C21H21F3N4O2. The standard InChI is InChI=1S/C21H21F3N4O2/c22-21(23,24)30-18-10-4-9-17(14-18)27-20(29)26-15-19-25-11-13-28(19)12-5-8-16-6-2-1-3-7-16/h1-4,6-7,9-11,13-14H,5,8,12,15H2,(H2,26,27,29). The van der Waals surface area contributed by atoms with E-state index >= 15 is 0 Å². The highest BCUT2D eigenvalue weighted by atomic mass is 19.4. The van der Waals surface area contributed by atoms with Crippen molar-refractivity contribution in [3.63, 3.8) is 0 Å². The van der Waals surface area contributed by atoms with Gasteiger partial charge in [0.15, 0.2) is 0 Å². The van der Waals surface area contributed by atoms with Gasteiger partial charge in [-0.15, -0.1) is 13.2 Å². The fourth-order valence-electron chi connectivity index (χ4n) is 2.91. The van der Waals surface area contributed by atoms with Crippen LogP contribution in [-0.4, -0.2) is 21.9 Å². The van der Waals surface area contributed by atoms with Crippen molar-refractivity contribution < 1.29 is 22.7 Å². The Morgan fingerprint density at radius 2 is 1.90 bits per heavy atom. The highest BCUT2D eigenvalue weighted by Crippen LogP contribution is 2.24. The van der Waals surface area contributed by atoms with E-state index in [1.54, 1.807) is 6.20 Å². The van der Waals surface area contributed by atoms with E-state index in [-0.39, 0.29) is 12.2 Å². The van der Waals surface area contributed by atoms with Gasteiger partial charge < -0.3 is 19.9 Å². The van der Waals surface area contributed by atoms with Crippen LogP contribution >= 0.6 is 0 Å². The van der Waals surface area contributed by atoms with Gasteiger partial charge in [-0.2, -0.15) is 0 Å². The molecule has 30 heavy (non-hydrogen) atoms. The van der Waals surface area contributed by atoms with Gasteiger partial charge in [0.05, 0.1) is 6.54 Å². The Balaban J connectivity index is 1.47. The summed E-state index contributed by atoms with van der Waals surface area (Å²) in [6.45, 7) is 0.938. The van der Waals surface area contributed by atoms with Crippen molar-refractivity contribution in [3.05, 3.63) is 78.4 Å². The minimum absolute atomic E-state index is 0.181. The Morgan fingerprint density at radius 3 is 2.67 bits per heavy atom. The van der Waals surface area contributed by atoms with Gasteiger partial charge in [0.1, 0.15) is 11.6 Å². The molecule has 0 atom stereocenters. The zero-order valence-corrected chi connectivity index (χ0v) is 16.0. The third-order valence-electron chi connectivity index (χ3n) is 4.24. The van der Waals surface area contributed by atoms with Gasteiger partial charge in [-0.3, -0.25) is 0 Å². The maximum atomic E-state index is 12.3. The van der Waals surface area contributed by atoms with Crippen molar-refractivity contribution in [2.24, 2.45) is 0 Å². The molecule has 158 valence electrons. The predicted molar refractivity (Wildman–Crippen MR) is 106 cm³/mol. The number of benzene rings is 2. The molecule has 2 N–H and O–H groups in total. The summed E-state index contributed by atoms with van der Waals surface area (Å²) in [5.74, 6) is 0.279. The minimum atomic E-state index is -4.79. The number of nitrogens with one attached hydrogen (secondary N) is 2. The van der Waals surface area contributed by atoms with Gasteiger partial charge in [0.25, 0.3) is 0 Å². The van der Waals surface area contributed by atoms with Crippen molar-refractivity contribution in [1.29, 1.82) is 0 Å². The highest BCUT2D eigenvalue weighted by Gasteiger charge is 2.31. The van der Waals surface area contributed by atoms with Gasteiger partial charge in [0.2, 0.25) is 0 Å². The van der Waals surface area contributed by atoms with Gasteiger partial charge in [-0.25, -0.2) is 9.78 Å². The third-order valence-corrected chi connectivity index (χ3v) is 4.24. The lowest BCUT2D eigenvalue weighted by molar-refractivity contribution is -0.274. The summed E-state index contributed by atoms with van der Waals surface area (Å²) in [5, 5.41) is 5.13. The number of aryl methyl sites for hydroxylation is 2. The number of carbonyl (C=O) groups excluding carboxylic acids is 1. The van der Waals surface area contributed by atoms with Gasteiger partial charge in [-0.05, 0) is 30.5 Å². The lowest BCUT2D eigenvalue weighted by Crippen LogP contribution is -2.29. The number of anilines is 1. The van der Waals surface area contributed by atoms with Gasteiger partial charge in [0, 0.05) is 30.7 Å². The van der Waals surface area contributed by atoms with Crippen molar-refractivity contribution in [2.75, 3.05) is 5.32 Å². The number of ether oxygens (including phenoxy) is 1. The van der Waals surface area contributed by atoms with Crippen molar-refractivity contribution in [2.45, 2.75) is 32.3 Å². The van der Waals surface area contributed by atoms with Crippen LogP contribution < -0.4 is 15.4 Å². The topological polar surface area (TPSA) is 68.2 Å². The second-order valence-corrected chi connectivity index (χ2v) is 6.51. The summed E-state index contributed by atoms with van der Waals surface area (Å²) in [7, 11) is 0. The first-order valence-electron chi connectivity index (χ1n) is 9.34. The first-order chi connectivity index (χ1) is 14.4. The Bertz CT molecular complexity index is 958. The van der Waals surface area contributed by atoms with Crippen LogP contribution in [0.5, 0.6) is 5.75 Å². The van der Waals surface area contributed by atoms with Crippen LogP contribution in [0.15, 0.2) is 67.0 Å². The Kier molecular flexibility index (Phi) is 6.95. The zero-order valence-electron chi connectivity index (χ0n) is 16.0. The summed E-state index contributed by atoms with van der Waals surface area (Å²) >= 11 is 0. The van der Waals surface area contributed by atoms with Crippen LogP contribution in [0.25, 0.3) is 0 Å². The number of nitrogens with zero attached hydrogens (tertiary/aromatic N) is 2. The fourth-order valence-corrected chi connectivity index (χ4v) is 2.91. The van der Waals surface area contributed by atoms with E-state index < -0.39 is 18.1 Å². The molecule has 0 saturated carbocycles. The van der Waals surface area contributed by atoms with Crippen LogP contribution in [0.4, 0.5) is 23.7 Å². The van der Waals surface area contributed by atoms with E-state index in [0.29, 0.717) is 5.82 Å². The number of imidazole rings is 1. The largest absolute Gasteiger partial charge is 0.573 e. The third kappa shape index (κ3) is 6.84. The van der Waals surface area contributed by atoms with Crippen LogP contribution in [-0.2, 0) is 19.5 Å². The normalized spacial score (nSPS) is 11.2. The van der Waals surface area contributed by atoms with E-state index in [9.17, 15) is 18.0 Å². The van der Waals surface area contributed by atoms with Gasteiger partial charge in [-0.1, -0.05) is 36.4 Å². The average molecular weight is 418 g/mol. The Hall–Kier alpha value is -3.49. The number of hydrogen-bond acceptors (Lipinski definition) is 3. The van der Waals surface area contributed by atoms with Crippen LogP contribution in [0.2, 0.25) is 0 Å². The van der Waals surface area contributed by atoms with Crippen LogP contribution in [0, 0.1) is 0 Å². The molecule has 3 aromatic rings. The number of alkyl halides is 3. The molecule has 0 unspecified atom stereocenters. The second kappa shape index (κ2) is 9.82. The average Bonchev–Trinajstić information content (AvgIpc) is 3.13. The minimum Gasteiger partial charge on any atom is -0.406 e. The number of halogens is 3. The van der Waals surface area contributed by atoms with Crippen molar-refractivity contribution >= 4 is 11.7 Å². The van der Waals surface area contributed by atoms with Gasteiger partial charge >= 0.3 is 12.4 Å². The number of rotatable bonds is 8. The number of carbonyl (C=O) groups is 1. The molecule has 1 aromatic heterocycles. The molecule has 0 fully saturated rings. The number of hydrogen-bond donors (Lipinski definition) is 2. The van der Waals surface area contributed by atoms with Crippen molar-refractivity contribution in [3.8, 4) is 5.75 Å². The molecule has 6 nitrogen and oxygen atoms in total. The summed E-state index contributed by atoms with van der Waals surface area (Å²) in [4.78, 5) is 16.3. The molecule has 0 spiro atoms. The molecule has 0 aliphatic heterocycles. The van der Waals surface area contributed by atoms with E-state index in [4.69, 9.17) is 0 Å². The van der Waals surface area contributed by atoms with Crippen molar-refractivity contribution in [1.82, 2.24) is 14.9 Å². The van der Waals surface area contributed by atoms with Crippen LogP contribution in [0.1, 0.15) is 17.8 Å². The van der Waals surface area contributed by atoms with E-state index in [1.165, 1.54) is 17.7 Å². The Morgan fingerprint density at radius 1 is 1.10 bits per heavy atom. The molecule has 0 aliphatic rings. The molecule has 9 heteroatoms. The second-order valence-electron chi connectivity index (χ2n) is 6.51. The molecule has 1 heterocycles. The molecule has 3 rings (SSSR count). The molecule has 0 aliphatic carbocycles. The summed E-state index contributed by atoms with van der Waals surface area (Å²) in [5.41, 5.74) is 1.44. The fraction of sp³-hybridized carbons (Fsp3) is 0.238. The highest BCUT2D eigenvalue weighted by molar-refractivity contribution is 5.89. The number of urea groups is 1. The first-order valence-corrected chi connectivity index (χ1v) is 9.34. The molecule has 0 radical (unpaired) electrons. The van der Waals surface area contributed by atoms with E-state index in [1.807, 2.05) is 29.0 Å². The zero-order chi connectivity index (χ0) is 21.4. The molecular weight excluding hydrogens is 397 g/mol. The quantitative estimate of drug-likeness (QED) is 0.555. The SMILES string of the molecule is O=C(NCc1nccn1CCCc1ccccc1)Nc1cccc(OC(F)(F)F)c1. The maximum Gasteiger partial charge on any atom is 0.573 e. The summed E-state index contributed by atoms with van der Waals surface area (Å²) < 4.78 is 42.7. The lowest BCUT2D eigenvalue weighted by Gasteiger charge is -2.12. The maximum absolute atomic E-state index is 12.3. The monoisotopic (exact) mass is 418 g/mol. The first kappa shape index (κ1) is 21.2. The molecule has 0 bridgehead atoms. The van der Waals surface area contributed by atoms with Crippen LogP contribution in [0.3, 0.4) is 0 Å². The Labute approximate surface area is 171 Å². The summed E-state index contributed by atoms with van der Waals surface area (Å²) in [6.07, 6.45) is 0.569. The number of aromatic nitrogens is 2. The molecule has 2 aromatic carbocycles. The smallest absolute Gasteiger partial charge is 0.406 e. The predicted octanol–water partition coefficient (Wildman–Crippen LogP) is 4.74. The molecule has 0 saturated heterocycles. The lowest BCUT2D eigenvalue weighted by atomic mass is 10.1. The molecule has 2 amide bonds. The van der Waals surface area contributed by atoms with E-state index in [0.717, 1.165) is 31.5 Å². The number of amides is 2. The van der Waals surface area contributed by atoms with E-state index in [2.05, 4.69) is 32.5 Å². The summed E-state index contributed by atoms with van der Waals surface area (Å²) in [6, 6.07) is 14.7.